The summed E-state index contributed by atoms with van der Waals surface area (Å²) in [7, 11) is 0. The average molecular weight is 226 g/mol. The van der Waals surface area contributed by atoms with Crippen LogP contribution in [0.25, 0.3) is 0 Å². The Labute approximate surface area is 97.2 Å². The largest absolute Gasteiger partial charge is 0.466 e. The van der Waals surface area contributed by atoms with Crippen molar-refractivity contribution in [2.75, 3.05) is 6.61 Å². The lowest BCUT2D eigenvalue weighted by Crippen LogP contribution is -2.44. The summed E-state index contributed by atoms with van der Waals surface area (Å²) in [6.45, 7) is 2.23. The van der Waals surface area contributed by atoms with Crippen LogP contribution in [0.1, 0.15) is 45.4 Å². The molecule has 0 heterocycles. The van der Waals surface area contributed by atoms with E-state index in [1.54, 1.807) is 0 Å². The zero-order chi connectivity index (χ0) is 11.5. The molecule has 3 heteroatoms. The second-order valence-electron chi connectivity index (χ2n) is 5.13. The molecule has 0 aromatic rings. The van der Waals surface area contributed by atoms with E-state index in [9.17, 15) is 9.90 Å². The Morgan fingerprint density at radius 3 is 2.75 bits per heavy atom. The van der Waals surface area contributed by atoms with Crippen LogP contribution in [0, 0.1) is 17.8 Å². The van der Waals surface area contributed by atoms with Crippen LogP contribution in [-0.2, 0) is 9.53 Å². The van der Waals surface area contributed by atoms with Gasteiger partial charge in [-0.05, 0) is 38.0 Å². The summed E-state index contributed by atoms with van der Waals surface area (Å²) in [5.74, 6) is 0.532. The lowest BCUT2D eigenvalue weighted by molar-refractivity contribution is -0.158. The Balaban J connectivity index is 1.99. The van der Waals surface area contributed by atoms with Crippen LogP contribution in [0.5, 0.6) is 0 Å². The summed E-state index contributed by atoms with van der Waals surface area (Å²) < 4.78 is 5.03. The van der Waals surface area contributed by atoms with Crippen LogP contribution >= 0.6 is 0 Å². The molecule has 1 N–H and O–H groups in total. The van der Waals surface area contributed by atoms with Gasteiger partial charge in [-0.15, -0.1) is 0 Å². The highest BCUT2D eigenvalue weighted by Crippen LogP contribution is 2.43. The summed E-state index contributed by atoms with van der Waals surface area (Å²) in [6, 6.07) is 0. The van der Waals surface area contributed by atoms with Crippen molar-refractivity contribution in [3.05, 3.63) is 0 Å². The number of ether oxygens (including phenoxy) is 1. The number of hydrogen-bond acceptors (Lipinski definition) is 3. The van der Waals surface area contributed by atoms with Crippen LogP contribution in [-0.4, -0.2) is 23.8 Å². The van der Waals surface area contributed by atoms with Gasteiger partial charge in [0.25, 0.3) is 0 Å². The van der Waals surface area contributed by atoms with Crippen molar-refractivity contribution in [2.45, 2.75) is 51.6 Å². The van der Waals surface area contributed by atoms with Crippen molar-refractivity contribution < 1.29 is 14.6 Å². The molecule has 4 unspecified atom stereocenters. The lowest BCUT2D eigenvalue weighted by atomic mass is 9.66. The first-order valence-corrected chi connectivity index (χ1v) is 6.58. The third-order valence-electron chi connectivity index (χ3n) is 4.26. The van der Waals surface area contributed by atoms with E-state index in [0.29, 0.717) is 18.4 Å². The fraction of sp³-hybridized carbons (Fsp3) is 0.923. The number of aliphatic hydroxyl groups excluding tert-OH is 1. The summed E-state index contributed by atoms with van der Waals surface area (Å²) in [5, 5.41) is 10.3. The van der Waals surface area contributed by atoms with Gasteiger partial charge in [0, 0.05) is 0 Å². The predicted octanol–water partition coefficient (Wildman–Crippen LogP) is 2.13. The van der Waals surface area contributed by atoms with E-state index in [1.807, 2.05) is 6.92 Å². The topological polar surface area (TPSA) is 46.5 Å². The van der Waals surface area contributed by atoms with Gasteiger partial charge in [-0.3, -0.25) is 4.79 Å². The maximum absolute atomic E-state index is 11.7. The Hall–Kier alpha value is -0.570. The molecule has 0 spiro atoms. The normalized spacial score (nSPS) is 38.9. The standard InChI is InChI=1S/C13H22O3/c1-2-16-13(15)11-8-7-9-5-3-4-6-10(9)12(11)14/h9-12,14H,2-8H2,1H3. The number of fused-ring (bicyclic) bond motifs is 1. The fourth-order valence-corrected chi connectivity index (χ4v) is 3.41. The number of esters is 1. The minimum atomic E-state index is -0.460. The van der Waals surface area contributed by atoms with Gasteiger partial charge in [0.1, 0.15) is 0 Å². The molecule has 2 aliphatic carbocycles. The molecule has 2 fully saturated rings. The van der Waals surface area contributed by atoms with Crippen LogP contribution in [0.2, 0.25) is 0 Å². The molecule has 92 valence electrons. The van der Waals surface area contributed by atoms with Crippen LogP contribution in [0.3, 0.4) is 0 Å². The third kappa shape index (κ3) is 2.24. The van der Waals surface area contributed by atoms with E-state index < -0.39 is 6.10 Å². The number of carbonyl (C=O) groups excluding carboxylic acids is 1. The zero-order valence-electron chi connectivity index (χ0n) is 10.0. The molecule has 4 atom stereocenters. The van der Waals surface area contributed by atoms with Crippen molar-refractivity contribution >= 4 is 5.97 Å². The lowest BCUT2D eigenvalue weighted by Gasteiger charge is -2.42. The summed E-state index contributed by atoms with van der Waals surface area (Å²) in [4.78, 5) is 11.7. The average Bonchev–Trinajstić information content (AvgIpc) is 2.30. The molecule has 2 aliphatic rings. The van der Waals surface area contributed by atoms with Gasteiger partial charge in [-0.2, -0.15) is 0 Å². The minimum Gasteiger partial charge on any atom is -0.466 e. The van der Waals surface area contributed by atoms with Gasteiger partial charge in [-0.1, -0.05) is 19.3 Å². The smallest absolute Gasteiger partial charge is 0.311 e. The van der Waals surface area contributed by atoms with E-state index in [-0.39, 0.29) is 11.9 Å². The maximum Gasteiger partial charge on any atom is 0.311 e. The third-order valence-corrected chi connectivity index (χ3v) is 4.26. The first-order chi connectivity index (χ1) is 7.74. The van der Waals surface area contributed by atoms with E-state index in [4.69, 9.17) is 4.74 Å². The van der Waals surface area contributed by atoms with Crippen molar-refractivity contribution in [3.63, 3.8) is 0 Å². The highest BCUT2D eigenvalue weighted by Gasteiger charge is 2.42. The Morgan fingerprint density at radius 2 is 2.00 bits per heavy atom. The Bertz CT molecular complexity index is 252. The molecule has 16 heavy (non-hydrogen) atoms. The van der Waals surface area contributed by atoms with Gasteiger partial charge >= 0.3 is 5.97 Å². The molecule has 0 aromatic carbocycles. The van der Waals surface area contributed by atoms with Crippen molar-refractivity contribution in [3.8, 4) is 0 Å². The molecule has 0 aromatic heterocycles. The van der Waals surface area contributed by atoms with E-state index >= 15 is 0 Å². The van der Waals surface area contributed by atoms with Crippen molar-refractivity contribution in [2.24, 2.45) is 17.8 Å². The molecular weight excluding hydrogens is 204 g/mol. The molecule has 3 nitrogen and oxygen atoms in total. The molecule has 0 amide bonds. The molecule has 0 aliphatic heterocycles. The van der Waals surface area contributed by atoms with E-state index in [1.165, 1.54) is 19.3 Å². The monoisotopic (exact) mass is 226 g/mol. The van der Waals surface area contributed by atoms with Gasteiger partial charge in [0.2, 0.25) is 0 Å². The van der Waals surface area contributed by atoms with E-state index in [2.05, 4.69) is 0 Å². The number of rotatable bonds is 2. The zero-order valence-corrected chi connectivity index (χ0v) is 10.0. The van der Waals surface area contributed by atoms with Crippen LogP contribution in [0.15, 0.2) is 0 Å². The van der Waals surface area contributed by atoms with Gasteiger partial charge < -0.3 is 9.84 Å². The van der Waals surface area contributed by atoms with Gasteiger partial charge in [0.15, 0.2) is 0 Å². The van der Waals surface area contributed by atoms with Crippen LogP contribution < -0.4 is 0 Å². The first-order valence-electron chi connectivity index (χ1n) is 6.58. The quantitative estimate of drug-likeness (QED) is 0.734. The summed E-state index contributed by atoms with van der Waals surface area (Å²) in [6.07, 6.45) is 6.25. The molecule has 0 radical (unpaired) electrons. The number of hydrogen-bond donors (Lipinski definition) is 1. The molecule has 0 saturated heterocycles. The van der Waals surface area contributed by atoms with E-state index in [0.717, 1.165) is 19.3 Å². The summed E-state index contributed by atoms with van der Waals surface area (Å²) in [5.41, 5.74) is 0. The van der Waals surface area contributed by atoms with Gasteiger partial charge in [-0.25, -0.2) is 0 Å². The molecular formula is C13H22O3. The Morgan fingerprint density at radius 1 is 1.25 bits per heavy atom. The maximum atomic E-state index is 11.7. The van der Waals surface area contributed by atoms with Crippen LogP contribution in [0.4, 0.5) is 0 Å². The molecule has 0 bridgehead atoms. The highest BCUT2D eigenvalue weighted by molar-refractivity contribution is 5.73. The Kier molecular flexibility index (Phi) is 3.85. The van der Waals surface area contributed by atoms with Crippen molar-refractivity contribution in [1.82, 2.24) is 0 Å². The first kappa shape index (κ1) is 11.9. The van der Waals surface area contributed by atoms with Crippen molar-refractivity contribution in [1.29, 1.82) is 0 Å². The molecule has 2 saturated carbocycles. The van der Waals surface area contributed by atoms with Gasteiger partial charge in [0.05, 0.1) is 18.6 Å². The fourth-order valence-electron chi connectivity index (χ4n) is 3.41. The second kappa shape index (κ2) is 5.17. The SMILES string of the molecule is CCOC(=O)C1CCC2CCCCC2C1O. The molecule has 2 rings (SSSR count). The highest BCUT2D eigenvalue weighted by atomic mass is 16.5. The number of aliphatic hydroxyl groups is 1. The number of carbonyl (C=O) groups is 1. The second-order valence-corrected chi connectivity index (χ2v) is 5.13. The summed E-state index contributed by atoms with van der Waals surface area (Å²) >= 11 is 0. The minimum absolute atomic E-state index is 0.195. The predicted molar refractivity (Wildman–Crippen MR) is 60.8 cm³/mol.